The fourth-order valence-electron chi connectivity index (χ4n) is 5.92. The summed E-state index contributed by atoms with van der Waals surface area (Å²) in [4.78, 5) is 20.7. The summed E-state index contributed by atoms with van der Waals surface area (Å²) in [5.41, 5.74) is 8.85. The Morgan fingerprint density at radius 2 is 2.00 bits per heavy atom. The third-order valence-electron chi connectivity index (χ3n) is 7.73. The number of aliphatic imine (C=N–C) groups is 1. The van der Waals surface area contributed by atoms with E-state index >= 15 is 0 Å². The van der Waals surface area contributed by atoms with Crippen molar-refractivity contribution in [2.45, 2.75) is 70.4 Å². The van der Waals surface area contributed by atoms with Crippen LogP contribution < -0.4 is 5.73 Å². The maximum atomic E-state index is 14.1. The first kappa shape index (κ1) is 22.3. The number of nitrogens with two attached hydrogens (primary N) is 1. The molecule has 1 aromatic carbocycles. The van der Waals surface area contributed by atoms with Gasteiger partial charge in [0.2, 0.25) is 0 Å². The number of ether oxygens (including phenoxy) is 2. The Balaban J connectivity index is 1.77. The molecule has 1 atom stereocenters. The van der Waals surface area contributed by atoms with Crippen LogP contribution in [-0.2, 0) is 32.6 Å². The number of benzene rings is 1. The lowest BCUT2D eigenvalue weighted by molar-refractivity contribution is -0.138. The molecule has 6 nitrogen and oxygen atoms in total. The fourth-order valence-corrected chi connectivity index (χ4v) is 5.92. The number of fused-ring (bicyclic) bond motifs is 3. The van der Waals surface area contributed by atoms with Gasteiger partial charge in [-0.15, -0.1) is 0 Å². The molecule has 1 unspecified atom stereocenters. The number of amides is 1. The Hall–Kier alpha value is -1.92. The van der Waals surface area contributed by atoms with Gasteiger partial charge < -0.3 is 15.2 Å². The van der Waals surface area contributed by atoms with Gasteiger partial charge in [-0.1, -0.05) is 32.0 Å². The molecule has 2 N–H and O–H groups in total. The van der Waals surface area contributed by atoms with E-state index < -0.39 is 5.54 Å². The van der Waals surface area contributed by atoms with E-state index in [1.165, 1.54) is 11.1 Å². The molecule has 1 aliphatic heterocycles. The molecule has 4 rings (SSSR count). The summed E-state index contributed by atoms with van der Waals surface area (Å²) < 4.78 is 10.9. The maximum absolute atomic E-state index is 14.1. The largest absolute Gasteiger partial charge is 0.383 e. The zero-order chi connectivity index (χ0) is 22.2. The molecular formula is C25H37N3O3. The predicted octanol–water partition coefficient (Wildman–Crippen LogP) is 3.41. The van der Waals surface area contributed by atoms with E-state index in [0.29, 0.717) is 25.0 Å². The lowest BCUT2D eigenvalue weighted by Gasteiger charge is -2.45. The van der Waals surface area contributed by atoms with Gasteiger partial charge in [-0.3, -0.25) is 9.69 Å². The van der Waals surface area contributed by atoms with Gasteiger partial charge in [0.25, 0.3) is 5.91 Å². The molecule has 31 heavy (non-hydrogen) atoms. The van der Waals surface area contributed by atoms with Gasteiger partial charge in [0.05, 0.1) is 19.3 Å². The van der Waals surface area contributed by atoms with Gasteiger partial charge in [0.1, 0.15) is 0 Å². The number of carbonyl (C=O) groups excluding carboxylic acids is 1. The van der Waals surface area contributed by atoms with Gasteiger partial charge in [-0.05, 0) is 67.6 Å². The molecule has 3 aliphatic rings. The first-order valence-electron chi connectivity index (χ1n) is 11.7. The lowest BCUT2D eigenvalue weighted by Crippen LogP contribution is -2.52. The summed E-state index contributed by atoms with van der Waals surface area (Å²) in [5, 5.41) is 0. The van der Waals surface area contributed by atoms with Gasteiger partial charge in [-0.2, -0.15) is 0 Å². The third kappa shape index (κ3) is 3.58. The standard InChI is InChI=1S/C25H37N3O3/c1-17(2)5-6-18-7-8-19-16-24(11-9-20(31-4)10-12-24)25(21(19)15-18)22(29)28(13-14-30-3)23(26)27-25/h7-8,15,17,20H,5-6,9-14,16H2,1-4H3,(H2,26,27). The van der Waals surface area contributed by atoms with Gasteiger partial charge in [0, 0.05) is 19.6 Å². The van der Waals surface area contributed by atoms with Crippen molar-refractivity contribution in [1.82, 2.24) is 4.90 Å². The smallest absolute Gasteiger partial charge is 0.262 e. The molecule has 1 amide bonds. The predicted molar refractivity (Wildman–Crippen MR) is 122 cm³/mol. The SMILES string of the molecule is COCCN1C(=O)C2(N=C1N)c1cc(CCC(C)C)ccc1CC21CCC(OC)CC1. The minimum Gasteiger partial charge on any atom is -0.383 e. The van der Waals surface area contributed by atoms with Crippen LogP contribution in [0.25, 0.3) is 0 Å². The van der Waals surface area contributed by atoms with Crippen LogP contribution in [-0.4, -0.2) is 50.2 Å². The zero-order valence-electron chi connectivity index (χ0n) is 19.4. The number of methoxy groups -OCH3 is 2. The van der Waals surface area contributed by atoms with Crippen molar-refractivity contribution < 1.29 is 14.3 Å². The second-order valence-corrected chi connectivity index (χ2v) is 9.95. The first-order valence-corrected chi connectivity index (χ1v) is 11.7. The molecule has 0 bridgehead atoms. The van der Waals surface area contributed by atoms with Crippen LogP contribution >= 0.6 is 0 Å². The molecule has 1 aromatic rings. The highest BCUT2D eigenvalue weighted by Gasteiger charge is 2.66. The minimum absolute atomic E-state index is 0.0256. The quantitative estimate of drug-likeness (QED) is 0.723. The molecule has 0 radical (unpaired) electrons. The Labute approximate surface area is 186 Å². The number of nitrogens with zero attached hydrogens (tertiary/aromatic N) is 2. The maximum Gasteiger partial charge on any atom is 0.262 e. The van der Waals surface area contributed by atoms with Crippen LogP contribution in [0.15, 0.2) is 23.2 Å². The normalized spacial score (nSPS) is 30.0. The van der Waals surface area contributed by atoms with Crippen molar-refractivity contribution in [2.24, 2.45) is 22.1 Å². The molecule has 1 fully saturated rings. The lowest BCUT2D eigenvalue weighted by atomic mass is 9.61. The molecule has 1 saturated carbocycles. The average Bonchev–Trinajstić information content (AvgIpc) is 3.17. The van der Waals surface area contributed by atoms with E-state index in [1.54, 1.807) is 19.1 Å². The summed E-state index contributed by atoms with van der Waals surface area (Å²) in [7, 11) is 3.43. The van der Waals surface area contributed by atoms with E-state index in [-0.39, 0.29) is 17.4 Å². The third-order valence-corrected chi connectivity index (χ3v) is 7.73. The molecule has 0 saturated heterocycles. The van der Waals surface area contributed by atoms with Gasteiger partial charge in [0.15, 0.2) is 11.5 Å². The number of carbonyl (C=O) groups is 1. The average molecular weight is 428 g/mol. The van der Waals surface area contributed by atoms with Crippen molar-refractivity contribution >= 4 is 11.9 Å². The van der Waals surface area contributed by atoms with Crippen LogP contribution in [0.5, 0.6) is 0 Å². The van der Waals surface area contributed by atoms with E-state index in [9.17, 15) is 4.79 Å². The zero-order valence-corrected chi connectivity index (χ0v) is 19.4. The molecule has 2 aliphatic carbocycles. The molecule has 0 aromatic heterocycles. The number of rotatable bonds is 7. The van der Waals surface area contributed by atoms with Crippen LogP contribution in [0.2, 0.25) is 0 Å². The van der Waals surface area contributed by atoms with Crippen molar-refractivity contribution in [1.29, 1.82) is 0 Å². The van der Waals surface area contributed by atoms with E-state index in [4.69, 9.17) is 20.2 Å². The Kier molecular flexibility index (Phi) is 6.14. The number of guanidine groups is 1. The van der Waals surface area contributed by atoms with Crippen molar-refractivity contribution in [3.05, 3.63) is 34.9 Å². The highest BCUT2D eigenvalue weighted by molar-refractivity contribution is 6.08. The second kappa shape index (κ2) is 8.55. The summed E-state index contributed by atoms with van der Waals surface area (Å²) >= 11 is 0. The van der Waals surface area contributed by atoms with Crippen molar-refractivity contribution in [3.63, 3.8) is 0 Å². The van der Waals surface area contributed by atoms with E-state index in [1.807, 2.05) is 0 Å². The summed E-state index contributed by atoms with van der Waals surface area (Å²) in [6, 6.07) is 6.73. The molecule has 1 heterocycles. The Bertz CT molecular complexity index is 858. The Morgan fingerprint density at radius 3 is 2.65 bits per heavy atom. The molecule has 170 valence electrons. The summed E-state index contributed by atoms with van der Waals surface area (Å²) in [5.74, 6) is 0.998. The topological polar surface area (TPSA) is 77.2 Å². The summed E-state index contributed by atoms with van der Waals surface area (Å²) in [6.07, 6.45) is 7.02. The van der Waals surface area contributed by atoms with Crippen LogP contribution in [0, 0.1) is 11.3 Å². The van der Waals surface area contributed by atoms with Crippen LogP contribution in [0.3, 0.4) is 0 Å². The molecular weight excluding hydrogens is 390 g/mol. The van der Waals surface area contributed by atoms with Gasteiger partial charge >= 0.3 is 0 Å². The number of hydrogen-bond acceptors (Lipinski definition) is 5. The number of aryl methyl sites for hydroxylation is 1. The second-order valence-electron chi connectivity index (χ2n) is 9.95. The first-order chi connectivity index (χ1) is 14.9. The molecule has 2 spiro atoms. The monoisotopic (exact) mass is 427 g/mol. The van der Waals surface area contributed by atoms with E-state index in [0.717, 1.165) is 50.5 Å². The van der Waals surface area contributed by atoms with Crippen molar-refractivity contribution in [3.8, 4) is 0 Å². The highest BCUT2D eigenvalue weighted by atomic mass is 16.5. The van der Waals surface area contributed by atoms with E-state index in [2.05, 4.69) is 32.0 Å². The highest BCUT2D eigenvalue weighted by Crippen LogP contribution is 2.62. The van der Waals surface area contributed by atoms with Crippen LogP contribution in [0.4, 0.5) is 0 Å². The minimum atomic E-state index is -0.910. The Morgan fingerprint density at radius 1 is 1.26 bits per heavy atom. The summed E-state index contributed by atoms with van der Waals surface area (Å²) in [6.45, 7) is 5.37. The van der Waals surface area contributed by atoms with Crippen molar-refractivity contribution in [2.75, 3.05) is 27.4 Å². The fraction of sp³-hybridized carbons (Fsp3) is 0.680. The van der Waals surface area contributed by atoms with Crippen LogP contribution in [0.1, 0.15) is 62.6 Å². The van der Waals surface area contributed by atoms with Gasteiger partial charge in [-0.25, -0.2) is 4.99 Å². The number of hydrogen-bond donors (Lipinski definition) is 1. The molecule has 6 heteroatoms.